The summed E-state index contributed by atoms with van der Waals surface area (Å²) in [4.78, 5) is 36.8. The molecule has 2 N–H and O–H groups in total. The first-order valence-electron chi connectivity index (χ1n) is 9.35. The molecule has 160 valence electrons. The number of hydrogen-bond acceptors (Lipinski definition) is 5. The number of benzene rings is 2. The zero-order valence-electron chi connectivity index (χ0n) is 17.1. The molecule has 0 aliphatic carbocycles. The second kappa shape index (κ2) is 10.9. The van der Waals surface area contributed by atoms with E-state index in [0.29, 0.717) is 16.9 Å². The summed E-state index contributed by atoms with van der Waals surface area (Å²) in [5.74, 6) is -1.52. The first-order chi connectivity index (χ1) is 14.3. The number of carbonyl (C=O) groups excluding carboxylic acids is 3. The Morgan fingerprint density at radius 2 is 1.70 bits per heavy atom. The fourth-order valence-corrected chi connectivity index (χ4v) is 3.05. The summed E-state index contributed by atoms with van der Waals surface area (Å²) >= 11 is 0. The minimum absolute atomic E-state index is 0.0612. The van der Waals surface area contributed by atoms with Crippen LogP contribution in [0.1, 0.15) is 18.1 Å². The number of methoxy groups -OCH3 is 2. The van der Waals surface area contributed by atoms with Crippen LogP contribution in [0.5, 0.6) is 5.75 Å². The first-order valence-corrected chi connectivity index (χ1v) is 9.35. The van der Waals surface area contributed by atoms with E-state index in [-0.39, 0.29) is 12.8 Å². The van der Waals surface area contributed by atoms with Gasteiger partial charge >= 0.3 is 5.97 Å². The van der Waals surface area contributed by atoms with Crippen LogP contribution in [-0.4, -0.2) is 44.1 Å². The van der Waals surface area contributed by atoms with E-state index in [9.17, 15) is 18.8 Å². The van der Waals surface area contributed by atoms with Gasteiger partial charge in [-0.1, -0.05) is 30.3 Å². The van der Waals surface area contributed by atoms with Crippen LogP contribution in [0.4, 0.5) is 4.39 Å². The largest absolute Gasteiger partial charge is 0.496 e. The number of para-hydroxylation sites is 1. The number of nitrogens with one attached hydrogen (secondary N) is 2. The highest BCUT2D eigenvalue weighted by Gasteiger charge is 2.28. The molecule has 2 rings (SSSR count). The molecule has 0 saturated heterocycles. The minimum atomic E-state index is -0.998. The van der Waals surface area contributed by atoms with Crippen molar-refractivity contribution >= 4 is 17.8 Å². The number of halogens is 1. The van der Waals surface area contributed by atoms with Crippen molar-refractivity contribution in [3.8, 4) is 5.75 Å². The Bertz CT molecular complexity index is 903. The van der Waals surface area contributed by atoms with Crippen molar-refractivity contribution in [3.63, 3.8) is 0 Å². The standard InChI is InChI=1S/C22H25FN2O5/c1-14(26)24-18(12-15-7-6-9-17(23)11-15)21(27)25-19(22(28)30-3)13-16-8-4-5-10-20(16)29-2/h4-11,18-19H,12-13H2,1-3H3,(H,24,26)(H,25,27)/t18-,19-/m1/s1. The number of carbonyl (C=O) groups is 3. The lowest BCUT2D eigenvalue weighted by Gasteiger charge is -2.22. The Balaban J connectivity index is 2.21. The van der Waals surface area contributed by atoms with Gasteiger partial charge in [0, 0.05) is 19.8 Å². The van der Waals surface area contributed by atoms with E-state index in [2.05, 4.69) is 10.6 Å². The van der Waals surface area contributed by atoms with Crippen LogP contribution in [0.25, 0.3) is 0 Å². The van der Waals surface area contributed by atoms with Crippen LogP contribution in [0.3, 0.4) is 0 Å². The van der Waals surface area contributed by atoms with Crippen LogP contribution in [0, 0.1) is 5.82 Å². The molecule has 0 spiro atoms. The van der Waals surface area contributed by atoms with Crippen LogP contribution >= 0.6 is 0 Å². The average Bonchev–Trinajstić information content (AvgIpc) is 2.72. The molecule has 2 atom stereocenters. The van der Waals surface area contributed by atoms with Gasteiger partial charge in [0.2, 0.25) is 11.8 Å². The third kappa shape index (κ3) is 6.58. The van der Waals surface area contributed by atoms with Crippen molar-refractivity contribution in [2.45, 2.75) is 31.8 Å². The van der Waals surface area contributed by atoms with Crippen molar-refractivity contribution in [3.05, 3.63) is 65.5 Å². The van der Waals surface area contributed by atoms with Gasteiger partial charge in [0.05, 0.1) is 14.2 Å². The monoisotopic (exact) mass is 416 g/mol. The molecule has 30 heavy (non-hydrogen) atoms. The highest BCUT2D eigenvalue weighted by molar-refractivity contribution is 5.90. The van der Waals surface area contributed by atoms with E-state index >= 15 is 0 Å². The van der Waals surface area contributed by atoms with Crippen LogP contribution in [0.2, 0.25) is 0 Å². The van der Waals surface area contributed by atoms with Gasteiger partial charge in [-0.15, -0.1) is 0 Å². The van der Waals surface area contributed by atoms with E-state index in [4.69, 9.17) is 9.47 Å². The van der Waals surface area contributed by atoms with Gasteiger partial charge in [0.1, 0.15) is 23.7 Å². The normalized spacial score (nSPS) is 12.4. The Labute approximate surface area is 174 Å². The maximum atomic E-state index is 13.5. The number of hydrogen-bond donors (Lipinski definition) is 2. The summed E-state index contributed by atoms with van der Waals surface area (Å²) in [6, 6.07) is 10.9. The maximum absolute atomic E-state index is 13.5. The number of esters is 1. The lowest BCUT2D eigenvalue weighted by Crippen LogP contribution is -2.53. The van der Waals surface area contributed by atoms with Crippen LogP contribution < -0.4 is 15.4 Å². The molecular formula is C22H25FN2O5. The van der Waals surface area contributed by atoms with E-state index in [0.717, 1.165) is 0 Å². The van der Waals surface area contributed by atoms with Gasteiger partial charge in [-0.2, -0.15) is 0 Å². The van der Waals surface area contributed by atoms with Gasteiger partial charge in [0.15, 0.2) is 0 Å². The Morgan fingerprint density at radius 3 is 2.33 bits per heavy atom. The van der Waals surface area contributed by atoms with Crippen molar-refractivity contribution in [1.82, 2.24) is 10.6 Å². The van der Waals surface area contributed by atoms with Gasteiger partial charge < -0.3 is 20.1 Å². The molecule has 0 radical (unpaired) electrons. The summed E-state index contributed by atoms with van der Waals surface area (Å²) in [6.07, 6.45) is 0.195. The second-order valence-electron chi connectivity index (χ2n) is 6.69. The minimum Gasteiger partial charge on any atom is -0.496 e. The second-order valence-corrected chi connectivity index (χ2v) is 6.69. The summed E-state index contributed by atoms with van der Waals surface area (Å²) in [7, 11) is 2.73. The topological polar surface area (TPSA) is 93.7 Å². The van der Waals surface area contributed by atoms with Crippen LogP contribution in [0.15, 0.2) is 48.5 Å². The molecule has 2 aromatic rings. The van der Waals surface area contributed by atoms with Crippen molar-refractivity contribution in [2.75, 3.05) is 14.2 Å². The summed E-state index contributed by atoms with van der Waals surface area (Å²) in [6.45, 7) is 1.28. The van der Waals surface area contributed by atoms with Crippen molar-refractivity contribution < 1.29 is 28.2 Å². The fourth-order valence-electron chi connectivity index (χ4n) is 3.05. The summed E-state index contributed by atoms with van der Waals surface area (Å²) in [5.41, 5.74) is 1.24. The molecule has 0 heterocycles. The van der Waals surface area contributed by atoms with Gasteiger partial charge in [-0.25, -0.2) is 9.18 Å². The van der Waals surface area contributed by atoms with E-state index in [1.165, 1.54) is 39.3 Å². The number of ether oxygens (including phenoxy) is 2. The van der Waals surface area contributed by atoms with E-state index < -0.39 is 35.7 Å². The Morgan fingerprint density at radius 1 is 0.967 bits per heavy atom. The van der Waals surface area contributed by atoms with Gasteiger partial charge in [-0.3, -0.25) is 9.59 Å². The molecule has 7 nitrogen and oxygen atoms in total. The van der Waals surface area contributed by atoms with Crippen molar-refractivity contribution in [1.29, 1.82) is 0 Å². The Hall–Kier alpha value is -3.42. The zero-order chi connectivity index (χ0) is 22.1. The maximum Gasteiger partial charge on any atom is 0.328 e. The lowest BCUT2D eigenvalue weighted by molar-refractivity contribution is -0.145. The molecule has 0 fully saturated rings. The molecule has 0 aliphatic rings. The first kappa shape index (κ1) is 22.9. The SMILES string of the molecule is COC(=O)[C@@H](Cc1ccccc1OC)NC(=O)[C@@H](Cc1cccc(F)c1)NC(C)=O. The predicted molar refractivity (Wildman–Crippen MR) is 108 cm³/mol. The van der Waals surface area contributed by atoms with Crippen LogP contribution in [-0.2, 0) is 32.0 Å². The highest BCUT2D eigenvalue weighted by Crippen LogP contribution is 2.19. The van der Waals surface area contributed by atoms with Gasteiger partial charge in [-0.05, 0) is 29.3 Å². The molecule has 8 heteroatoms. The summed E-state index contributed by atoms with van der Waals surface area (Å²) in [5, 5.41) is 5.18. The highest BCUT2D eigenvalue weighted by atomic mass is 19.1. The third-order valence-electron chi connectivity index (χ3n) is 4.44. The molecule has 2 amide bonds. The molecule has 0 unspecified atom stereocenters. The quantitative estimate of drug-likeness (QED) is 0.608. The molecule has 0 aliphatic heterocycles. The van der Waals surface area contributed by atoms with E-state index in [1.807, 2.05) is 0 Å². The Kier molecular flexibility index (Phi) is 8.34. The third-order valence-corrected chi connectivity index (χ3v) is 4.44. The van der Waals surface area contributed by atoms with Gasteiger partial charge in [0.25, 0.3) is 0 Å². The smallest absolute Gasteiger partial charge is 0.328 e. The average molecular weight is 416 g/mol. The molecule has 0 bridgehead atoms. The molecule has 0 aromatic heterocycles. The molecule has 0 saturated carbocycles. The lowest BCUT2D eigenvalue weighted by atomic mass is 10.0. The number of amides is 2. The summed E-state index contributed by atoms with van der Waals surface area (Å²) < 4.78 is 23.6. The number of rotatable bonds is 9. The molecular weight excluding hydrogens is 391 g/mol. The predicted octanol–water partition coefficient (Wildman–Crippen LogP) is 1.78. The van der Waals surface area contributed by atoms with Crippen molar-refractivity contribution in [2.24, 2.45) is 0 Å². The zero-order valence-corrected chi connectivity index (χ0v) is 17.1. The van der Waals surface area contributed by atoms with E-state index in [1.54, 1.807) is 30.3 Å². The molecule has 2 aromatic carbocycles. The fraction of sp³-hybridized carbons (Fsp3) is 0.318.